The van der Waals surface area contributed by atoms with Crippen LogP contribution in [0.15, 0.2) is 206 Å². The van der Waals surface area contributed by atoms with Gasteiger partial charge in [0.15, 0.2) is 5.82 Å². The average molecular weight is 738 g/mol. The largest absolute Gasteiger partial charge is 0.361 e. The van der Waals surface area contributed by atoms with Gasteiger partial charge in [-0.15, -0.1) is 0 Å². The molecule has 3 heteroatoms. The molecule has 2 aromatic heterocycles. The van der Waals surface area contributed by atoms with Crippen LogP contribution in [0.1, 0.15) is 22.3 Å². The Balaban J connectivity index is 1.03. The van der Waals surface area contributed by atoms with Crippen molar-refractivity contribution in [2.75, 3.05) is 0 Å². The summed E-state index contributed by atoms with van der Waals surface area (Å²) in [6.07, 6.45) is 1.96. The van der Waals surface area contributed by atoms with Crippen molar-refractivity contribution in [3.8, 4) is 78.5 Å². The summed E-state index contributed by atoms with van der Waals surface area (Å²) in [5.74, 6) is 0.706. The minimum absolute atomic E-state index is 0.444. The number of nitrogens with zero attached hydrogens (tertiary/aromatic N) is 2. The Morgan fingerprint density at radius 3 is 1.52 bits per heavy atom. The lowest BCUT2D eigenvalue weighted by atomic mass is 9.70. The highest BCUT2D eigenvalue weighted by Gasteiger charge is 2.51. The lowest BCUT2D eigenvalue weighted by Gasteiger charge is -2.30. The fourth-order valence-electron chi connectivity index (χ4n) is 9.73. The summed E-state index contributed by atoms with van der Waals surface area (Å²) in [5, 5.41) is 2.35. The Hall–Kier alpha value is -7.62. The van der Waals surface area contributed by atoms with Crippen molar-refractivity contribution in [2.24, 2.45) is 0 Å². The molecule has 0 aliphatic heterocycles. The molecular weight excluding hydrogens is 703 g/mol. The van der Waals surface area contributed by atoms with Crippen molar-refractivity contribution in [3.63, 3.8) is 0 Å². The Bertz CT molecular complexity index is 3140. The van der Waals surface area contributed by atoms with Gasteiger partial charge in [0, 0.05) is 28.6 Å². The van der Waals surface area contributed by atoms with E-state index in [0.717, 1.165) is 39.3 Å². The Morgan fingerprint density at radius 1 is 0.345 bits per heavy atom. The SMILES string of the molecule is c1c[nH]c(-c2ccc(-c3ccc(-c4cc(-c5cccc6ccccc56)nc(-c5ccc6c(c5)C5(c7ccccc7-c7ccccc75)c5ccccc5-6)n4)cc3)cc2)c1. The molecule has 0 fully saturated rings. The summed E-state index contributed by atoms with van der Waals surface area (Å²) in [4.78, 5) is 14.1. The Labute approximate surface area is 337 Å². The van der Waals surface area contributed by atoms with Gasteiger partial charge in [0.05, 0.1) is 16.8 Å². The topological polar surface area (TPSA) is 41.6 Å². The van der Waals surface area contributed by atoms with Crippen molar-refractivity contribution in [1.82, 2.24) is 15.0 Å². The van der Waals surface area contributed by atoms with Gasteiger partial charge in [0.25, 0.3) is 0 Å². The number of rotatable bonds is 5. The molecule has 58 heavy (non-hydrogen) atoms. The van der Waals surface area contributed by atoms with Crippen LogP contribution in [0, 0.1) is 0 Å². The van der Waals surface area contributed by atoms with Gasteiger partial charge in [-0.25, -0.2) is 9.97 Å². The third-order valence-electron chi connectivity index (χ3n) is 12.4. The van der Waals surface area contributed by atoms with Crippen LogP contribution in [-0.2, 0) is 5.41 Å². The van der Waals surface area contributed by atoms with E-state index in [-0.39, 0.29) is 0 Å². The number of H-pyrrole nitrogens is 1. The van der Waals surface area contributed by atoms with Crippen LogP contribution in [0.5, 0.6) is 0 Å². The molecule has 0 unspecified atom stereocenters. The first-order chi connectivity index (χ1) is 28.7. The Kier molecular flexibility index (Phi) is 7.14. The maximum absolute atomic E-state index is 5.41. The van der Waals surface area contributed by atoms with Crippen molar-refractivity contribution >= 4 is 10.8 Å². The van der Waals surface area contributed by atoms with E-state index in [2.05, 4.69) is 199 Å². The molecular formula is C55H35N3. The molecule has 8 aromatic carbocycles. The summed E-state index contributed by atoms with van der Waals surface area (Å²) in [6, 6.07) is 72.5. The maximum Gasteiger partial charge on any atom is 0.160 e. The highest BCUT2D eigenvalue weighted by molar-refractivity contribution is 5.98. The molecule has 12 rings (SSSR count). The zero-order valence-electron chi connectivity index (χ0n) is 31.5. The van der Waals surface area contributed by atoms with Crippen molar-refractivity contribution < 1.29 is 0 Å². The number of benzene rings is 8. The van der Waals surface area contributed by atoms with Crippen LogP contribution in [-0.4, -0.2) is 15.0 Å². The lowest BCUT2D eigenvalue weighted by Crippen LogP contribution is -2.25. The standard InChI is InChI=1S/C55H35N3/c1-2-13-41-37(11-1)12-9-17-46(41)53-34-52(39-28-24-36(25-29-39)35-22-26-38(27-23-35)51-21-10-32-56-51)57-54(58-53)40-30-31-45-44-16-5-8-20-49(44)55(50(45)33-40)47-18-6-3-14-42(47)43-15-4-7-19-48(43)55/h1-34,56H. The fraction of sp³-hybridized carbons (Fsp3) is 0.0182. The number of fused-ring (bicyclic) bond motifs is 11. The van der Waals surface area contributed by atoms with E-state index >= 15 is 0 Å². The second-order valence-electron chi connectivity index (χ2n) is 15.4. The number of hydrogen-bond donors (Lipinski definition) is 1. The minimum atomic E-state index is -0.444. The molecule has 3 nitrogen and oxygen atoms in total. The van der Waals surface area contributed by atoms with E-state index in [0.29, 0.717) is 5.82 Å². The second-order valence-corrected chi connectivity index (χ2v) is 15.4. The van der Waals surface area contributed by atoms with Gasteiger partial charge in [-0.3, -0.25) is 0 Å². The monoisotopic (exact) mass is 737 g/mol. The molecule has 2 heterocycles. The summed E-state index contributed by atoms with van der Waals surface area (Å²) in [6.45, 7) is 0. The van der Waals surface area contributed by atoms with Gasteiger partial charge in [0.1, 0.15) is 0 Å². The molecule has 0 atom stereocenters. The van der Waals surface area contributed by atoms with Crippen molar-refractivity contribution in [1.29, 1.82) is 0 Å². The highest BCUT2D eigenvalue weighted by atomic mass is 14.9. The predicted octanol–water partition coefficient (Wildman–Crippen LogP) is 13.6. The number of aromatic amines is 1. The molecule has 2 aliphatic carbocycles. The van der Waals surface area contributed by atoms with Gasteiger partial charge in [-0.2, -0.15) is 0 Å². The molecule has 0 saturated carbocycles. The van der Waals surface area contributed by atoms with Crippen molar-refractivity contribution in [3.05, 3.63) is 229 Å². The van der Waals surface area contributed by atoms with E-state index in [1.165, 1.54) is 66.4 Å². The summed E-state index contributed by atoms with van der Waals surface area (Å²) in [7, 11) is 0. The molecule has 0 amide bonds. The number of aromatic nitrogens is 3. The van der Waals surface area contributed by atoms with E-state index in [4.69, 9.17) is 9.97 Å². The highest BCUT2D eigenvalue weighted by Crippen LogP contribution is 2.63. The van der Waals surface area contributed by atoms with Crippen LogP contribution in [0.25, 0.3) is 89.3 Å². The van der Waals surface area contributed by atoms with E-state index in [1.54, 1.807) is 0 Å². The van der Waals surface area contributed by atoms with E-state index in [9.17, 15) is 0 Å². The third kappa shape index (κ3) is 4.80. The fourth-order valence-corrected chi connectivity index (χ4v) is 9.73. The average Bonchev–Trinajstić information content (AvgIpc) is 4.02. The van der Waals surface area contributed by atoms with E-state index in [1.807, 2.05) is 12.3 Å². The molecule has 1 spiro atoms. The van der Waals surface area contributed by atoms with Gasteiger partial charge in [-0.1, -0.05) is 176 Å². The van der Waals surface area contributed by atoms with E-state index < -0.39 is 5.41 Å². The third-order valence-corrected chi connectivity index (χ3v) is 12.4. The quantitative estimate of drug-likeness (QED) is 0.191. The smallest absolute Gasteiger partial charge is 0.160 e. The molecule has 0 saturated heterocycles. The summed E-state index contributed by atoms with van der Waals surface area (Å²) in [5.41, 5.74) is 19.4. The molecule has 1 N–H and O–H groups in total. The Morgan fingerprint density at radius 2 is 0.862 bits per heavy atom. The van der Waals surface area contributed by atoms with Gasteiger partial charge in [-0.05, 0) is 96.2 Å². The van der Waals surface area contributed by atoms with Crippen molar-refractivity contribution in [2.45, 2.75) is 5.41 Å². The first-order valence-corrected chi connectivity index (χ1v) is 19.9. The zero-order valence-corrected chi connectivity index (χ0v) is 31.5. The normalized spacial score (nSPS) is 13.0. The second kappa shape index (κ2) is 12.7. The van der Waals surface area contributed by atoms with Crippen LogP contribution in [0.4, 0.5) is 0 Å². The lowest BCUT2D eigenvalue weighted by molar-refractivity contribution is 0.794. The minimum Gasteiger partial charge on any atom is -0.361 e. The zero-order chi connectivity index (χ0) is 38.2. The van der Waals surface area contributed by atoms with Crippen LogP contribution >= 0.6 is 0 Å². The summed E-state index contributed by atoms with van der Waals surface area (Å²) >= 11 is 0. The van der Waals surface area contributed by atoms with Crippen LogP contribution in [0.2, 0.25) is 0 Å². The maximum atomic E-state index is 5.41. The molecule has 10 aromatic rings. The molecule has 2 aliphatic rings. The first-order valence-electron chi connectivity index (χ1n) is 19.9. The molecule has 270 valence electrons. The number of hydrogen-bond acceptors (Lipinski definition) is 2. The summed E-state index contributed by atoms with van der Waals surface area (Å²) < 4.78 is 0. The molecule has 0 radical (unpaired) electrons. The van der Waals surface area contributed by atoms with Gasteiger partial charge >= 0.3 is 0 Å². The molecule has 0 bridgehead atoms. The van der Waals surface area contributed by atoms with Gasteiger partial charge in [0.2, 0.25) is 0 Å². The van der Waals surface area contributed by atoms with Crippen LogP contribution < -0.4 is 0 Å². The predicted molar refractivity (Wildman–Crippen MR) is 237 cm³/mol. The number of nitrogens with one attached hydrogen (secondary N) is 1. The van der Waals surface area contributed by atoms with Crippen LogP contribution in [0.3, 0.4) is 0 Å². The first kappa shape index (κ1) is 32.6. The van der Waals surface area contributed by atoms with Gasteiger partial charge < -0.3 is 4.98 Å².